The maximum Gasteiger partial charge on any atom is 0.307 e. The van der Waals surface area contributed by atoms with E-state index in [0.717, 1.165) is 21.6 Å². The van der Waals surface area contributed by atoms with Crippen LogP contribution in [-0.2, 0) is 48.0 Å². The second-order valence-electron chi connectivity index (χ2n) is 13.9. The zero-order valence-corrected chi connectivity index (χ0v) is 31.6. The molecule has 4 N–H and O–H groups in total. The smallest absolute Gasteiger partial charge is 0.307 e. The van der Waals surface area contributed by atoms with Crippen LogP contribution >= 0.6 is 11.3 Å². The monoisotopic (exact) mass is 765 g/mol. The van der Waals surface area contributed by atoms with E-state index in [2.05, 4.69) is 16.0 Å². The van der Waals surface area contributed by atoms with Crippen molar-refractivity contribution in [2.75, 3.05) is 13.2 Å². The lowest BCUT2D eigenvalue weighted by Crippen LogP contribution is -2.54. The lowest BCUT2D eigenvalue weighted by Gasteiger charge is -2.25. The molecule has 55 heavy (non-hydrogen) atoms. The first kappa shape index (κ1) is 40.6. The molecular formula is C43H47N3O8S. The molecule has 2 aliphatic heterocycles. The Morgan fingerprint density at radius 1 is 0.782 bits per heavy atom. The highest BCUT2D eigenvalue weighted by Gasteiger charge is 2.32. The van der Waals surface area contributed by atoms with E-state index in [1.165, 1.54) is 18.3 Å². The average Bonchev–Trinajstić information content (AvgIpc) is 3.69. The summed E-state index contributed by atoms with van der Waals surface area (Å²) in [6.45, 7) is 1.51. The van der Waals surface area contributed by atoms with Gasteiger partial charge in [-0.05, 0) is 77.9 Å². The van der Waals surface area contributed by atoms with Crippen molar-refractivity contribution >= 4 is 46.6 Å². The fourth-order valence-electron chi connectivity index (χ4n) is 6.59. The average molecular weight is 766 g/mol. The maximum atomic E-state index is 14.3. The second kappa shape index (κ2) is 20.2. The van der Waals surface area contributed by atoms with E-state index >= 15 is 0 Å². The van der Waals surface area contributed by atoms with Gasteiger partial charge >= 0.3 is 5.97 Å². The van der Waals surface area contributed by atoms with Crippen LogP contribution in [0, 0.1) is 11.8 Å². The van der Waals surface area contributed by atoms with Crippen molar-refractivity contribution < 1.29 is 38.6 Å². The molecular weight excluding hydrogens is 719 g/mol. The molecule has 3 heterocycles. The molecule has 3 amide bonds. The Kier molecular flexibility index (Phi) is 14.9. The minimum atomic E-state index is -1.15. The van der Waals surface area contributed by atoms with Crippen molar-refractivity contribution in [2.24, 2.45) is 11.8 Å². The Bertz CT molecular complexity index is 1910. The predicted molar refractivity (Wildman–Crippen MR) is 210 cm³/mol. The normalized spacial score (nSPS) is 19.9. The number of ketones is 2. The quantitative estimate of drug-likeness (QED) is 0.148. The van der Waals surface area contributed by atoms with Crippen molar-refractivity contribution in [3.63, 3.8) is 0 Å². The summed E-state index contributed by atoms with van der Waals surface area (Å²) in [4.78, 5) is 80.3. The third-order valence-electron chi connectivity index (χ3n) is 9.61. The number of Topliss-reactive ketones (excluding diaryl/α,β-unsaturated/α-hetero) is 2. The van der Waals surface area contributed by atoms with E-state index in [1.54, 1.807) is 24.3 Å². The summed E-state index contributed by atoms with van der Waals surface area (Å²) in [6.07, 6.45) is 1.15. The van der Waals surface area contributed by atoms with Crippen LogP contribution in [0.4, 0.5) is 0 Å². The summed E-state index contributed by atoms with van der Waals surface area (Å²) in [7, 11) is 0. The van der Waals surface area contributed by atoms with Gasteiger partial charge in [-0.1, -0.05) is 72.8 Å². The zero-order chi connectivity index (χ0) is 39.2. The van der Waals surface area contributed by atoms with E-state index in [4.69, 9.17) is 4.74 Å². The van der Waals surface area contributed by atoms with Gasteiger partial charge in [0.2, 0.25) is 17.7 Å². The molecule has 11 nitrogen and oxygen atoms in total. The van der Waals surface area contributed by atoms with Crippen molar-refractivity contribution in [2.45, 2.75) is 70.4 Å². The molecule has 6 rings (SSSR count). The van der Waals surface area contributed by atoms with Gasteiger partial charge in [0.1, 0.15) is 18.4 Å². The molecule has 1 aromatic heterocycles. The number of hydrogen-bond donors (Lipinski definition) is 4. The molecule has 2 aliphatic rings. The third-order valence-corrected chi connectivity index (χ3v) is 10.5. The molecule has 4 aromatic rings. The van der Waals surface area contributed by atoms with Gasteiger partial charge < -0.3 is 25.8 Å². The van der Waals surface area contributed by atoms with Gasteiger partial charge in [0, 0.05) is 43.5 Å². The molecule has 0 spiro atoms. The Morgan fingerprint density at radius 2 is 1.49 bits per heavy atom. The number of nitrogens with one attached hydrogen (secondary N) is 3. The third kappa shape index (κ3) is 12.7. The van der Waals surface area contributed by atoms with Gasteiger partial charge in [0.05, 0.1) is 12.0 Å². The SMILES string of the molecule is CC(=O)NCCCC[C@@H]1NC(=O)[C@H](Cc2ccc(-c3ccccc3)cc2)NC(=O)[C@H](Cc2cccs2)CC(=O)COc2ccc(cc2)C[C@@H](C(=O)O)CC1=O. The molecule has 0 fully saturated rings. The summed E-state index contributed by atoms with van der Waals surface area (Å²) in [5.41, 5.74) is 3.42. The summed E-state index contributed by atoms with van der Waals surface area (Å²) in [5, 5.41) is 20.5. The van der Waals surface area contributed by atoms with E-state index in [-0.39, 0.29) is 56.8 Å². The van der Waals surface area contributed by atoms with Gasteiger partial charge in [0.15, 0.2) is 11.6 Å². The first-order chi connectivity index (χ1) is 26.5. The highest BCUT2D eigenvalue weighted by Crippen LogP contribution is 2.23. The number of ether oxygens (including phenoxy) is 1. The number of amides is 3. The number of carbonyl (C=O) groups is 6. The minimum absolute atomic E-state index is 0.0611. The van der Waals surface area contributed by atoms with E-state index in [1.807, 2.05) is 72.1 Å². The molecule has 0 saturated carbocycles. The Balaban J connectivity index is 1.46. The van der Waals surface area contributed by atoms with E-state index in [0.29, 0.717) is 30.7 Å². The Morgan fingerprint density at radius 3 is 2.16 bits per heavy atom. The number of unbranched alkanes of at least 4 members (excludes halogenated alkanes) is 1. The minimum Gasteiger partial charge on any atom is -0.486 e. The van der Waals surface area contributed by atoms with Gasteiger partial charge in [-0.15, -0.1) is 11.3 Å². The number of aliphatic carboxylic acids is 1. The predicted octanol–water partition coefficient (Wildman–Crippen LogP) is 5.35. The number of carboxylic acid groups (broad SMARTS) is 1. The number of fused-ring (bicyclic) bond motifs is 16. The van der Waals surface area contributed by atoms with Crippen molar-refractivity contribution in [3.05, 3.63) is 112 Å². The molecule has 12 heteroatoms. The van der Waals surface area contributed by atoms with Crippen LogP contribution in [0.3, 0.4) is 0 Å². The molecule has 2 bridgehead atoms. The van der Waals surface area contributed by atoms with Gasteiger partial charge in [-0.3, -0.25) is 28.8 Å². The van der Waals surface area contributed by atoms with Crippen molar-refractivity contribution in [1.29, 1.82) is 0 Å². The van der Waals surface area contributed by atoms with Gasteiger partial charge in [0.25, 0.3) is 0 Å². The summed E-state index contributed by atoms with van der Waals surface area (Å²) in [5.74, 6) is -4.65. The fraction of sp³-hybridized carbons (Fsp3) is 0.349. The Hall–Kier alpha value is -5.62. The number of thiophene rings is 1. The first-order valence-corrected chi connectivity index (χ1v) is 19.4. The Labute approximate surface area is 324 Å². The highest BCUT2D eigenvalue weighted by atomic mass is 32.1. The maximum absolute atomic E-state index is 14.3. The van der Waals surface area contributed by atoms with Crippen LogP contribution in [0.1, 0.15) is 55.0 Å². The molecule has 0 aliphatic carbocycles. The highest BCUT2D eigenvalue weighted by molar-refractivity contribution is 7.09. The summed E-state index contributed by atoms with van der Waals surface area (Å²) in [6, 6.07) is 25.7. The molecule has 4 atom stereocenters. The van der Waals surface area contributed by atoms with E-state index < -0.39 is 47.5 Å². The number of benzene rings is 3. The fourth-order valence-corrected chi connectivity index (χ4v) is 7.37. The molecule has 3 aromatic carbocycles. The van der Waals surface area contributed by atoms with Gasteiger partial charge in [-0.2, -0.15) is 0 Å². The molecule has 0 saturated heterocycles. The standard InChI is InChI=1S/C43H47N3O8S/c1-28(47)44-20-6-5-11-38-40(49)26-34(43(52)53)22-29-14-18-36(19-15-29)54-27-35(48)24-33(25-37-10-7-21-55-37)41(50)46-39(42(51)45-38)23-30-12-16-32(17-13-30)31-8-3-2-4-9-31/h2-4,7-10,12-19,21,33-34,38-39H,5-6,11,20,22-27H2,1H3,(H,44,47)(H,45,51)(H,46,50)(H,52,53)/t33-,34+,38-,39-/m0/s1. The summed E-state index contributed by atoms with van der Waals surface area (Å²) >= 11 is 1.46. The second-order valence-corrected chi connectivity index (χ2v) is 15.0. The van der Waals surface area contributed by atoms with Crippen LogP contribution < -0.4 is 20.7 Å². The topological polar surface area (TPSA) is 168 Å². The lowest BCUT2D eigenvalue weighted by atomic mass is 9.90. The number of hydrogen-bond acceptors (Lipinski definition) is 8. The van der Waals surface area contributed by atoms with Crippen molar-refractivity contribution in [1.82, 2.24) is 16.0 Å². The zero-order valence-electron chi connectivity index (χ0n) is 30.8. The number of carbonyl (C=O) groups excluding carboxylic acids is 5. The largest absolute Gasteiger partial charge is 0.486 e. The molecule has 0 radical (unpaired) electrons. The molecule has 0 unspecified atom stereocenters. The van der Waals surface area contributed by atoms with Crippen LogP contribution in [0.15, 0.2) is 96.4 Å². The van der Waals surface area contributed by atoms with Crippen LogP contribution in [0.5, 0.6) is 5.75 Å². The molecule has 288 valence electrons. The lowest BCUT2D eigenvalue weighted by molar-refractivity contribution is -0.144. The van der Waals surface area contributed by atoms with Crippen LogP contribution in [-0.4, -0.2) is 65.6 Å². The summed E-state index contributed by atoms with van der Waals surface area (Å²) < 4.78 is 5.75. The van der Waals surface area contributed by atoms with E-state index in [9.17, 15) is 33.9 Å². The first-order valence-electron chi connectivity index (χ1n) is 18.5. The van der Waals surface area contributed by atoms with Crippen LogP contribution in [0.2, 0.25) is 0 Å². The van der Waals surface area contributed by atoms with Crippen molar-refractivity contribution in [3.8, 4) is 16.9 Å². The van der Waals surface area contributed by atoms with Gasteiger partial charge in [-0.25, -0.2) is 0 Å². The number of rotatable bonds is 11. The number of carboxylic acids is 1. The van der Waals surface area contributed by atoms with Crippen LogP contribution in [0.25, 0.3) is 11.1 Å².